The fraction of sp³-hybridized carbons (Fsp3) is 0.182. The number of pyridine rings is 1. The Morgan fingerprint density at radius 3 is 2.79 bits per heavy atom. The van der Waals surface area contributed by atoms with Crippen LogP contribution in [0.4, 0.5) is 0 Å². The fourth-order valence-corrected chi connectivity index (χ4v) is 1.59. The molecule has 2 nitrogen and oxygen atoms in total. The molecule has 0 saturated heterocycles. The molecule has 1 unspecified atom stereocenters. The molecule has 72 valence electrons. The lowest BCUT2D eigenvalue weighted by Gasteiger charge is -2.05. The normalized spacial score (nSPS) is 13.0. The first-order valence-corrected chi connectivity index (χ1v) is 4.99. The molecule has 14 heavy (non-hydrogen) atoms. The molecular formula is C11H11NOS. The van der Waals surface area contributed by atoms with Crippen LogP contribution in [0.25, 0.3) is 10.9 Å². The lowest BCUT2D eigenvalue weighted by Crippen LogP contribution is -2.02. The van der Waals surface area contributed by atoms with E-state index in [4.69, 9.17) is 0 Å². The van der Waals surface area contributed by atoms with Crippen LogP contribution in [0.15, 0.2) is 35.1 Å². The van der Waals surface area contributed by atoms with Crippen LogP contribution in [-0.2, 0) is 0 Å². The van der Waals surface area contributed by atoms with Gasteiger partial charge in [-0.15, -0.1) is 0 Å². The van der Waals surface area contributed by atoms with Crippen LogP contribution in [0.2, 0.25) is 0 Å². The van der Waals surface area contributed by atoms with Crippen molar-refractivity contribution in [2.45, 2.75) is 12.2 Å². The average Bonchev–Trinajstić information content (AvgIpc) is 2.16. The summed E-state index contributed by atoms with van der Waals surface area (Å²) >= 11 is 4.36. The van der Waals surface area contributed by atoms with Crippen molar-refractivity contribution in [3.63, 3.8) is 0 Å². The largest absolute Gasteiger partial charge is 0.322 e. The highest BCUT2D eigenvalue weighted by Crippen LogP contribution is 2.21. The second-order valence-electron chi connectivity index (χ2n) is 3.35. The Morgan fingerprint density at radius 2 is 2.07 bits per heavy atom. The van der Waals surface area contributed by atoms with Gasteiger partial charge >= 0.3 is 0 Å². The van der Waals surface area contributed by atoms with Crippen molar-refractivity contribution >= 4 is 23.5 Å². The van der Waals surface area contributed by atoms with Crippen molar-refractivity contribution in [1.29, 1.82) is 0 Å². The topological polar surface area (TPSA) is 32.9 Å². The Balaban J connectivity index is 2.67. The van der Waals surface area contributed by atoms with Gasteiger partial charge in [0.25, 0.3) is 0 Å². The molecular weight excluding hydrogens is 194 g/mol. The third kappa shape index (κ3) is 1.68. The zero-order valence-corrected chi connectivity index (χ0v) is 8.71. The summed E-state index contributed by atoms with van der Waals surface area (Å²) in [5.74, 6) is 0. The molecule has 0 aliphatic carbocycles. The Labute approximate surface area is 87.4 Å². The van der Waals surface area contributed by atoms with Gasteiger partial charge in [0.15, 0.2) is 0 Å². The molecule has 2 aromatic rings. The molecule has 1 aromatic heterocycles. The van der Waals surface area contributed by atoms with Crippen LogP contribution in [-0.4, -0.2) is 4.98 Å². The molecule has 1 aromatic carbocycles. The maximum absolute atomic E-state index is 11.0. The molecule has 0 amide bonds. The van der Waals surface area contributed by atoms with Crippen LogP contribution >= 0.6 is 12.6 Å². The summed E-state index contributed by atoms with van der Waals surface area (Å²) in [5.41, 5.74) is 1.97. The van der Waals surface area contributed by atoms with Crippen LogP contribution in [0.5, 0.6) is 0 Å². The molecule has 0 spiro atoms. The zero-order valence-electron chi connectivity index (χ0n) is 7.82. The number of H-pyrrole nitrogens is 1. The van der Waals surface area contributed by atoms with Crippen molar-refractivity contribution in [1.82, 2.24) is 4.98 Å². The molecule has 1 N–H and O–H groups in total. The van der Waals surface area contributed by atoms with Gasteiger partial charge in [0.05, 0.1) is 0 Å². The number of benzene rings is 1. The molecule has 1 heterocycles. The molecule has 0 bridgehead atoms. The summed E-state index contributed by atoms with van der Waals surface area (Å²) < 4.78 is 0. The van der Waals surface area contributed by atoms with Gasteiger partial charge in [0.2, 0.25) is 5.56 Å². The third-order valence-electron chi connectivity index (χ3n) is 2.23. The maximum Gasteiger partial charge on any atom is 0.248 e. The number of aromatic nitrogens is 1. The van der Waals surface area contributed by atoms with Crippen molar-refractivity contribution in [3.05, 3.63) is 46.2 Å². The predicted octanol–water partition coefficient (Wildman–Crippen LogP) is 2.52. The monoisotopic (exact) mass is 205 g/mol. The van der Waals surface area contributed by atoms with Gasteiger partial charge in [-0.3, -0.25) is 4.79 Å². The molecule has 0 saturated carbocycles. The van der Waals surface area contributed by atoms with E-state index in [1.54, 1.807) is 0 Å². The minimum atomic E-state index is -0.0656. The standard InChI is InChI=1S/C11H11NOS/c1-7(14)8-2-4-10-9(6-8)3-5-11(13)12-10/h2-7,14H,1H3,(H,12,13). The van der Waals surface area contributed by atoms with Crippen LogP contribution in [0, 0.1) is 0 Å². The number of nitrogens with one attached hydrogen (secondary N) is 1. The quantitative estimate of drug-likeness (QED) is 0.689. The Kier molecular flexibility index (Phi) is 2.33. The summed E-state index contributed by atoms with van der Waals surface area (Å²) in [6.07, 6.45) is 0. The second kappa shape index (κ2) is 3.50. The van der Waals surface area contributed by atoms with Gasteiger partial charge in [-0.1, -0.05) is 6.07 Å². The second-order valence-corrected chi connectivity index (χ2v) is 4.12. The number of rotatable bonds is 1. The third-order valence-corrected chi connectivity index (χ3v) is 2.53. The summed E-state index contributed by atoms with van der Waals surface area (Å²) in [4.78, 5) is 13.8. The van der Waals surface area contributed by atoms with E-state index in [0.717, 1.165) is 16.5 Å². The molecule has 0 radical (unpaired) electrons. The maximum atomic E-state index is 11.0. The summed E-state index contributed by atoms with van der Waals surface area (Å²) in [6.45, 7) is 2.02. The fourth-order valence-electron chi connectivity index (χ4n) is 1.43. The van der Waals surface area contributed by atoms with Crippen molar-refractivity contribution < 1.29 is 0 Å². The lowest BCUT2D eigenvalue weighted by atomic mass is 10.1. The Hall–Kier alpha value is -1.22. The van der Waals surface area contributed by atoms with Crippen molar-refractivity contribution in [2.75, 3.05) is 0 Å². The minimum absolute atomic E-state index is 0.0656. The van der Waals surface area contributed by atoms with E-state index in [2.05, 4.69) is 17.6 Å². The summed E-state index contributed by atoms with van der Waals surface area (Å²) in [6, 6.07) is 9.31. The molecule has 2 rings (SSSR count). The minimum Gasteiger partial charge on any atom is -0.322 e. The predicted molar refractivity (Wildman–Crippen MR) is 62.0 cm³/mol. The smallest absolute Gasteiger partial charge is 0.248 e. The number of hydrogen-bond donors (Lipinski definition) is 2. The van der Waals surface area contributed by atoms with Crippen LogP contribution < -0.4 is 5.56 Å². The van der Waals surface area contributed by atoms with E-state index in [9.17, 15) is 4.79 Å². The molecule has 0 fully saturated rings. The first-order valence-electron chi connectivity index (χ1n) is 4.48. The average molecular weight is 205 g/mol. The van der Waals surface area contributed by atoms with Crippen molar-refractivity contribution in [3.8, 4) is 0 Å². The lowest BCUT2D eigenvalue weighted by molar-refractivity contribution is 1.11. The SMILES string of the molecule is CC(S)c1ccc2[nH]c(=O)ccc2c1. The molecule has 0 aliphatic rings. The van der Waals surface area contributed by atoms with Gasteiger partial charge in [0, 0.05) is 16.8 Å². The Bertz CT molecular complexity index is 516. The van der Waals surface area contributed by atoms with E-state index in [1.165, 1.54) is 6.07 Å². The van der Waals surface area contributed by atoms with E-state index in [0.29, 0.717) is 0 Å². The highest BCUT2D eigenvalue weighted by molar-refractivity contribution is 7.80. The first kappa shape index (κ1) is 9.34. The number of thiol groups is 1. The van der Waals surface area contributed by atoms with E-state index in [1.807, 2.05) is 31.2 Å². The number of fused-ring (bicyclic) bond motifs is 1. The van der Waals surface area contributed by atoms with E-state index < -0.39 is 0 Å². The Morgan fingerprint density at radius 1 is 1.29 bits per heavy atom. The number of aromatic amines is 1. The molecule has 3 heteroatoms. The summed E-state index contributed by atoms with van der Waals surface area (Å²) in [7, 11) is 0. The van der Waals surface area contributed by atoms with Gasteiger partial charge < -0.3 is 4.98 Å². The van der Waals surface area contributed by atoms with Gasteiger partial charge in [0.1, 0.15) is 0 Å². The van der Waals surface area contributed by atoms with Crippen molar-refractivity contribution in [2.24, 2.45) is 0 Å². The number of hydrogen-bond acceptors (Lipinski definition) is 2. The van der Waals surface area contributed by atoms with Gasteiger partial charge in [-0.05, 0) is 36.1 Å². The molecule has 1 atom stereocenters. The zero-order chi connectivity index (χ0) is 10.1. The summed E-state index contributed by atoms with van der Waals surface area (Å²) in [5, 5.41) is 1.26. The highest BCUT2D eigenvalue weighted by atomic mass is 32.1. The van der Waals surface area contributed by atoms with Crippen LogP contribution in [0.3, 0.4) is 0 Å². The van der Waals surface area contributed by atoms with Crippen LogP contribution in [0.1, 0.15) is 17.7 Å². The first-order chi connectivity index (χ1) is 6.66. The van der Waals surface area contributed by atoms with E-state index in [-0.39, 0.29) is 10.8 Å². The van der Waals surface area contributed by atoms with Gasteiger partial charge in [-0.2, -0.15) is 12.6 Å². The highest BCUT2D eigenvalue weighted by Gasteiger charge is 2.01. The van der Waals surface area contributed by atoms with E-state index >= 15 is 0 Å². The molecule has 0 aliphatic heterocycles. The van der Waals surface area contributed by atoms with Gasteiger partial charge in [-0.25, -0.2) is 0 Å².